The van der Waals surface area contributed by atoms with Gasteiger partial charge in [0.2, 0.25) is 0 Å². The van der Waals surface area contributed by atoms with Gasteiger partial charge in [-0.2, -0.15) is 0 Å². The predicted molar refractivity (Wildman–Crippen MR) is 80.1 cm³/mol. The zero-order valence-electron chi connectivity index (χ0n) is 12.6. The molecule has 0 aromatic heterocycles. The molecule has 9 atom stereocenters. The second-order valence-corrected chi connectivity index (χ2v) is 7.89. The summed E-state index contributed by atoms with van der Waals surface area (Å²) in [5.74, 6) is 3.31. The Morgan fingerprint density at radius 1 is 0.909 bits per heavy atom. The SMILES string of the molecule is OCC[C@H]1O[C@@H]2c3ccccc3[C@@H]3OC4C5CCC(C2C53)C41. The highest BCUT2D eigenvalue weighted by molar-refractivity contribution is 5.39. The van der Waals surface area contributed by atoms with Crippen LogP contribution in [0.5, 0.6) is 0 Å². The molecule has 0 amide bonds. The lowest BCUT2D eigenvalue weighted by Crippen LogP contribution is -2.60. The van der Waals surface area contributed by atoms with E-state index in [0.29, 0.717) is 30.0 Å². The number of aliphatic hydroxyl groups is 1. The monoisotopic (exact) mass is 298 g/mol. The summed E-state index contributed by atoms with van der Waals surface area (Å²) in [5.41, 5.74) is 2.75. The molecule has 5 fully saturated rings. The standard InChI is InChI=1S/C19H22O3/c20-8-7-13-14-11-5-6-12-16-15(11)17(21-13)9-3-1-2-4-10(9)18(16)22-19(12)14/h1-4,11-20H,5-8H2/t11?,12?,13-,14?,15?,16?,17-,18+,19?/m1/s1. The van der Waals surface area contributed by atoms with Gasteiger partial charge in [0, 0.05) is 18.4 Å². The Morgan fingerprint density at radius 3 is 2.36 bits per heavy atom. The van der Waals surface area contributed by atoms with Crippen LogP contribution < -0.4 is 0 Å². The van der Waals surface area contributed by atoms with Crippen molar-refractivity contribution in [1.82, 2.24) is 0 Å². The van der Waals surface area contributed by atoms with Gasteiger partial charge < -0.3 is 14.6 Å². The van der Waals surface area contributed by atoms with Gasteiger partial charge >= 0.3 is 0 Å². The van der Waals surface area contributed by atoms with Gasteiger partial charge in [0.25, 0.3) is 0 Å². The molecule has 2 aliphatic heterocycles. The Labute approximate surface area is 130 Å². The van der Waals surface area contributed by atoms with Crippen LogP contribution in [-0.4, -0.2) is 23.9 Å². The van der Waals surface area contributed by atoms with Crippen molar-refractivity contribution in [1.29, 1.82) is 0 Å². The summed E-state index contributed by atoms with van der Waals surface area (Å²) >= 11 is 0. The van der Waals surface area contributed by atoms with Gasteiger partial charge in [-0.05, 0) is 48.1 Å². The Morgan fingerprint density at radius 2 is 1.59 bits per heavy atom. The zero-order valence-corrected chi connectivity index (χ0v) is 12.6. The predicted octanol–water partition coefficient (Wildman–Crippen LogP) is 2.85. The highest BCUT2D eigenvalue weighted by atomic mass is 16.5. The Kier molecular flexibility index (Phi) is 2.35. The second-order valence-electron chi connectivity index (χ2n) is 7.89. The summed E-state index contributed by atoms with van der Waals surface area (Å²) in [6.07, 6.45) is 4.52. The average molecular weight is 298 g/mol. The van der Waals surface area contributed by atoms with Gasteiger partial charge in [0.05, 0.1) is 24.4 Å². The molecule has 1 N–H and O–H groups in total. The summed E-state index contributed by atoms with van der Waals surface area (Å²) in [6, 6.07) is 8.77. The third-order valence-electron chi connectivity index (χ3n) is 7.34. The Hall–Kier alpha value is -0.900. The fourth-order valence-electron chi connectivity index (χ4n) is 6.84. The van der Waals surface area contributed by atoms with Crippen molar-refractivity contribution in [2.24, 2.45) is 29.6 Å². The molecule has 6 bridgehead atoms. The molecule has 22 heavy (non-hydrogen) atoms. The largest absolute Gasteiger partial charge is 0.396 e. The zero-order chi connectivity index (χ0) is 14.4. The number of hydrogen-bond acceptors (Lipinski definition) is 3. The molecule has 4 aliphatic carbocycles. The normalized spacial score (nSPS) is 52.9. The summed E-state index contributed by atoms with van der Waals surface area (Å²) < 4.78 is 13.3. The number of benzene rings is 1. The van der Waals surface area contributed by atoms with E-state index in [9.17, 15) is 5.11 Å². The minimum absolute atomic E-state index is 0.176. The third-order valence-corrected chi connectivity index (χ3v) is 7.34. The molecule has 116 valence electrons. The van der Waals surface area contributed by atoms with Crippen molar-refractivity contribution >= 4 is 0 Å². The summed E-state index contributed by atoms with van der Waals surface area (Å²) in [6.45, 7) is 0.219. The van der Waals surface area contributed by atoms with Crippen LogP contribution in [0.3, 0.4) is 0 Å². The van der Waals surface area contributed by atoms with E-state index in [2.05, 4.69) is 24.3 Å². The molecular weight excluding hydrogens is 276 g/mol. The highest BCUT2D eigenvalue weighted by Crippen LogP contribution is 2.71. The van der Waals surface area contributed by atoms with Crippen molar-refractivity contribution in [3.8, 4) is 0 Å². The molecule has 0 radical (unpaired) electrons. The lowest BCUT2D eigenvalue weighted by Gasteiger charge is -2.60. The van der Waals surface area contributed by atoms with E-state index in [4.69, 9.17) is 9.47 Å². The van der Waals surface area contributed by atoms with Crippen molar-refractivity contribution in [2.45, 2.75) is 43.7 Å². The van der Waals surface area contributed by atoms with Crippen LogP contribution in [0.2, 0.25) is 0 Å². The third kappa shape index (κ3) is 1.27. The minimum Gasteiger partial charge on any atom is -0.396 e. The van der Waals surface area contributed by atoms with E-state index in [-0.39, 0.29) is 18.8 Å². The van der Waals surface area contributed by atoms with Gasteiger partial charge in [-0.1, -0.05) is 24.3 Å². The van der Waals surface area contributed by atoms with Crippen LogP contribution in [0.4, 0.5) is 0 Å². The maximum Gasteiger partial charge on any atom is 0.0868 e. The van der Waals surface area contributed by atoms with Crippen molar-refractivity contribution < 1.29 is 14.6 Å². The summed E-state index contributed by atoms with van der Waals surface area (Å²) in [5, 5.41) is 9.50. The topological polar surface area (TPSA) is 38.7 Å². The fourth-order valence-corrected chi connectivity index (χ4v) is 6.84. The number of ether oxygens (including phenoxy) is 2. The van der Waals surface area contributed by atoms with Gasteiger partial charge in [-0.15, -0.1) is 0 Å². The van der Waals surface area contributed by atoms with Gasteiger partial charge in [0.15, 0.2) is 0 Å². The Balaban J connectivity index is 1.58. The molecule has 1 aromatic rings. The molecule has 3 nitrogen and oxygen atoms in total. The van der Waals surface area contributed by atoms with E-state index in [1.165, 1.54) is 24.0 Å². The van der Waals surface area contributed by atoms with E-state index >= 15 is 0 Å². The minimum atomic E-state index is 0.176. The molecule has 0 spiro atoms. The smallest absolute Gasteiger partial charge is 0.0868 e. The quantitative estimate of drug-likeness (QED) is 0.912. The number of hydrogen-bond donors (Lipinski definition) is 1. The number of fused-ring (bicyclic) bond motifs is 4. The van der Waals surface area contributed by atoms with Crippen LogP contribution in [0.1, 0.15) is 42.6 Å². The molecule has 7 rings (SSSR count). The molecule has 3 saturated carbocycles. The summed E-state index contributed by atoms with van der Waals surface area (Å²) in [4.78, 5) is 0. The van der Waals surface area contributed by atoms with E-state index < -0.39 is 0 Å². The molecule has 2 saturated heterocycles. The van der Waals surface area contributed by atoms with Crippen LogP contribution in [-0.2, 0) is 9.47 Å². The van der Waals surface area contributed by atoms with Gasteiger partial charge in [-0.3, -0.25) is 0 Å². The van der Waals surface area contributed by atoms with Gasteiger partial charge in [-0.25, -0.2) is 0 Å². The molecule has 3 heteroatoms. The molecule has 6 unspecified atom stereocenters. The van der Waals surface area contributed by atoms with E-state index in [1.807, 2.05) is 0 Å². The van der Waals surface area contributed by atoms with Crippen LogP contribution in [0, 0.1) is 29.6 Å². The number of rotatable bonds is 2. The van der Waals surface area contributed by atoms with E-state index in [0.717, 1.165) is 18.3 Å². The lowest BCUT2D eigenvalue weighted by atomic mass is 9.48. The number of aliphatic hydroxyl groups excluding tert-OH is 1. The molecule has 6 aliphatic rings. The first-order valence-corrected chi connectivity index (χ1v) is 8.89. The summed E-state index contributed by atoms with van der Waals surface area (Å²) in [7, 11) is 0. The van der Waals surface area contributed by atoms with Crippen LogP contribution in [0.25, 0.3) is 0 Å². The molecular formula is C19H22O3. The van der Waals surface area contributed by atoms with Crippen LogP contribution >= 0.6 is 0 Å². The second kappa shape index (κ2) is 4.14. The first kappa shape index (κ1) is 12.5. The van der Waals surface area contributed by atoms with Gasteiger partial charge in [0.1, 0.15) is 0 Å². The van der Waals surface area contributed by atoms with Crippen molar-refractivity contribution in [3.63, 3.8) is 0 Å². The average Bonchev–Trinajstić information content (AvgIpc) is 2.95. The first-order chi connectivity index (χ1) is 10.9. The fraction of sp³-hybridized carbons (Fsp3) is 0.684. The first-order valence-electron chi connectivity index (χ1n) is 8.89. The van der Waals surface area contributed by atoms with Crippen molar-refractivity contribution in [2.75, 3.05) is 6.61 Å². The highest BCUT2D eigenvalue weighted by Gasteiger charge is 2.69. The van der Waals surface area contributed by atoms with E-state index in [1.54, 1.807) is 0 Å². The maximum absolute atomic E-state index is 9.50. The molecule has 2 heterocycles. The Bertz CT molecular complexity index is 629. The van der Waals surface area contributed by atoms with Crippen LogP contribution in [0.15, 0.2) is 24.3 Å². The van der Waals surface area contributed by atoms with Crippen molar-refractivity contribution in [3.05, 3.63) is 35.4 Å². The molecule has 1 aromatic carbocycles. The lowest BCUT2D eigenvalue weighted by molar-refractivity contribution is -0.227. The maximum atomic E-state index is 9.50.